The fraction of sp³-hybridized carbons (Fsp3) is 0.286. The maximum absolute atomic E-state index is 12.0. The molecule has 10 nitrogen and oxygen atoms in total. The van der Waals surface area contributed by atoms with Crippen molar-refractivity contribution in [2.75, 3.05) is 17.2 Å². The number of aromatic nitrogens is 4. The summed E-state index contributed by atoms with van der Waals surface area (Å²) >= 11 is 0. The second kappa shape index (κ2) is 9.69. The zero-order valence-electron chi connectivity index (χ0n) is 17.4. The molecule has 0 aliphatic rings. The highest BCUT2D eigenvalue weighted by Gasteiger charge is 2.19. The van der Waals surface area contributed by atoms with Crippen LogP contribution in [0.15, 0.2) is 42.7 Å². The smallest absolute Gasteiger partial charge is 0.252 e. The monoisotopic (exact) mass is 419 g/mol. The molecule has 0 bridgehead atoms. The van der Waals surface area contributed by atoms with Gasteiger partial charge in [-0.1, -0.05) is 19.9 Å². The number of hydrogen-bond donors (Lipinski definition) is 4. The largest absolute Gasteiger partial charge is 0.365 e. The summed E-state index contributed by atoms with van der Waals surface area (Å²) < 4.78 is 0. The van der Waals surface area contributed by atoms with Crippen LogP contribution in [0.1, 0.15) is 36.2 Å². The molecule has 0 saturated heterocycles. The van der Waals surface area contributed by atoms with Gasteiger partial charge < -0.3 is 22.1 Å². The van der Waals surface area contributed by atoms with Gasteiger partial charge in [0.15, 0.2) is 0 Å². The molecule has 3 aromatic rings. The van der Waals surface area contributed by atoms with E-state index in [1.54, 1.807) is 18.5 Å². The van der Waals surface area contributed by atoms with Crippen molar-refractivity contribution in [3.8, 4) is 11.8 Å². The van der Waals surface area contributed by atoms with Crippen LogP contribution >= 0.6 is 0 Å². The third-order valence-corrected chi connectivity index (χ3v) is 4.55. The molecule has 0 saturated carbocycles. The van der Waals surface area contributed by atoms with Crippen molar-refractivity contribution < 1.29 is 4.79 Å². The third-order valence-electron chi connectivity index (χ3n) is 4.55. The molecular weight excluding hydrogens is 394 g/mol. The average molecular weight is 419 g/mol. The van der Waals surface area contributed by atoms with E-state index in [9.17, 15) is 10.1 Å². The summed E-state index contributed by atoms with van der Waals surface area (Å²) in [6.07, 6.45) is 3.97. The lowest BCUT2D eigenvalue weighted by atomic mass is 10.0. The molecular formula is C21H25N9O. The SMILES string of the molecule is CC(C)C[C@H](CN)Nc1nc(Nc2cccc(-n3nccn3)c2)c(C(N)=O)cc1C#N. The maximum Gasteiger partial charge on any atom is 0.252 e. The summed E-state index contributed by atoms with van der Waals surface area (Å²) in [5, 5.41) is 24.1. The standard InChI is InChI=1S/C21H25N9O/c1-13(2)8-16(12-23)28-20-14(11-22)9-18(19(24)31)21(29-20)27-15-4-3-5-17(10-15)30-25-6-7-26-30/h3-7,9-10,13,16H,8,12,23H2,1-2H3,(H2,24,31)(H2,27,28,29)/t16-/m1/s1. The molecule has 3 rings (SSSR count). The molecule has 2 heterocycles. The molecule has 6 N–H and O–H groups in total. The molecule has 1 aromatic carbocycles. The van der Waals surface area contributed by atoms with Gasteiger partial charge in [0.1, 0.15) is 17.7 Å². The molecule has 31 heavy (non-hydrogen) atoms. The first kappa shape index (κ1) is 21.7. The minimum absolute atomic E-state index is 0.0684. The lowest BCUT2D eigenvalue weighted by Gasteiger charge is -2.21. The number of nitriles is 1. The number of benzene rings is 1. The molecule has 0 unspecified atom stereocenters. The van der Waals surface area contributed by atoms with Crippen molar-refractivity contribution in [1.82, 2.24) is 20.0 Å². The second-order valence-electron chi connectivity index (χ2n) is 7.46. The van der Waals surface area contributed by atoms with E-state index >= 15 is 0 Å². The van der Waals surface area contributed by atoms with Gasteiger partial charge in [-0.3, -0.25) is 4.79 Å². The quantitative estimate of drug-likeness (QED) is 0.410. The number of nitrogens with zero attached hydrogens (tertiary/aromatic N) is 5. The Bertz CT molecular complexity index is 1090. The zero-order chi connectivity index (χ0) is 22.4. The van der Waals surface area contributed by atoms with Gasteiger partial charge in [0.05, 0.1) is 29.2 Å². The molecule has 0 spiro atoms. The van der Waals surface area contributed by atoms with Gasteiger partial charge in [0, 0.05) is 18.3 Å². The van der Waals surface area contributed by atoms with Gasteiger partial charge in [-0.05, 0) is 36.6 Å². The Morgan fingerprint density at radius 3 is 2.58 bits per heavy atom. The lowest BCUT2D eigenvalue weighted by molar-refractivity contribution is 0.100. The lowest BCUT2D eigenvalue weighted by Crippen LogP contribution is -2.31. The maximum atomic E-state index is 12.0. The van der Waals surface area contributed by atoms with Gasteiger partial charge in [0.25, 0.3) is 5.91 Å². The van der Waals surface area contributed by atoms with Crippen molar-refractivity contribution in [2.45, 2.75) is 26.3 Å². The molecule has 0 aliphatic heterocycles. The first-order valence-electron chi connectivity index (χ1n) is 9.86. The van der Waals surface area contributed by atoms with Crippen LogP contribution in [0.25, 0.3) is 5.69 Å². The minimum atomic E-state index is -0.694. The van der Waals surface area contributed by atoms with Crippen LogP contribution in [-0.4, -0.2) is 38.5 Å². The van der Waals surface area contributed by atoms with E-state index in [1.165, 1.54) is 10.9 Å². The molecule has 2 aromatic heterocycles. The molecule has 10 heteroatoms. The normalized spacial score (nSPS) is 11.7. The van der Waals surface area contributed by atoms with E-state index < -0.39 is 5.91 Å². The molecule has 0 radical (unpaired) electrons. The van der Waals surface area contributed by atoms with Crippen molar-refractivity contribution in [3.63, 3.8) is 0 Å². The van der Waals surface area contributed by atoms with E-state index in [0.29, 0.717) is 24.0 Å². The first-order valence-corrected chi connectivity index (χ1v) is 9.86. The number of carbonyl (C=O) groups is 1. The number of anilines is 3. The van der Waals surface area contributed by atoms with Crippen molar-refractivity contribution >= 4 is 23.2 Å². The van der Waals surface area contributed by atoms with E-state index in [-0.39, 0.29) is 23.0 Å². The number of carbonyl (C=O) groups excluding carboxylic acids is 1. The van der Waals surface area contributed by atoms with Gasteiger partial charge >= 0.3 is 0 Å². The van der Waals surface area contributed by atoms with Crippen LogP contribution in [0.2, 0.25) is 0 Å². The van der Waals surface area contributed by atoms with Crippen molar-refractivity contribution in [2.24, 2.45) is 17.4 Å². The summed E-state index contributed by atoms with van der Waals surface area (Å²) in [6, 6.07) is 10.7. The van der Waals surface area contributed by atoms with Crippen LogP contribution in [0.3, 0.4) is 0 Å². The zero-order valence-corrected chi connectivity index (χ0v) is 17.4. The summed E-state index contributed by atoms with van der Waals surface area (Å²) in [5.74, 6) is 0.295. The Morgan fingerprint density at radius 1 is 1.23 bits per heavy atom. The number of amides is 1. The van der Waals surface area contributed by atoms with Crippen LogP contribution in [-0.2, 0) is 0 Å². The number of rotatable bonds is 9. The van der Waals surface area contributed by atoms with E-state index in [2.05, 4.69) is 45.7 Å². The van der Waals surface area contributed by atoms with Crippen LogP contribution in [0.5, 0.6) is 0 Å². The second-order valence-corrected chi connectivity index (χ2v) is 7.46. The number of hydrogen-bond acceptors (Lipinski definition) is 8. The van der Waals surface area contributed by atoms with Gasteiger partial charge in [-0.25, -0.2) is 4.98 Å². The van der Waals surface area contributed by atoms with Crippen LogP contribution < -0.4 is 22.1 Å². The fourth-order valence-electron chi connectivity index (χ4n) is 3.16. The molecule has 160 valence electrons. The molecule has 0 aliphatic carbocycles. The first-order chi connectivity index (χ1) is 14.9. The highest BCUT2D eigenvalue weighted by Crippen LogP contribution is 2.26. The fourth-order valence-corrected chi connectivity index (χ4v) is 3.16. The van der Waals surface area contributed by atoms with Gasteiger partial charge in [-0.2, -0.15) is 20.3 Å². The Hall–Kier alpha value is -3.97. The molecule has 1 amide bonds. The van der Waals surface area contributed by atoms with Crippen molar-refractivity contribution in [3.05, 3.63) is 53.9 Å². The van der Waals surface area contributed by atoms with Crippen LogP contribution in [0, 0.1) is 17.2 Å². The summed E-state index contributed by atoms with van der Waals surface area (Å²) in [4.78, 5) is 18.0. The Morgan fingerprint density at radius 2 is 1.97 bits per heavy atom. The van der Waals surface area contributed by atoms with Gasteiger partial charge in [-0.15, -0.1) is 0 Å². The number of nitrogens with one attached hydrogen (secondary N) is 2. The Kier molecular flexibility index (Phi) is 6.79. The highest BCUT2D eigenvalue weighted by molar-refractivity contribution is 5.99. The number of pyridine rings is 1. The van der Waals surface area contributed by atoms with E-state index in [1.807, 2.05) is 18.2 Å². The Balaban J connectivity index is 1.98. The molecule has 0 fully saturated rings. The van der Waals surface area contributed by atoms with Crippen LogP contribution in [0.4, 0.5) is 17.3 Å². The summed E-state index contributed by atoms with van der Waals surface area (Å²) in [7, 11) is 0. The van der Waals surface area contributed by atoms with E-state index in [0.717, 1.165) is 12.1 Å². The predicted octanol–water partition coefficient (Wildman–Crippen LogP) is 2.16. The topological polar surface area (TPSA) is 161 Å². The highest BCUT2D eigenvalue weighted by atomic mass is 16.1. The van der Waals surface area contributed by atoms with Gasteiger partial charge in [0.2, 0.25) is 0 Å². The summed E-state index contributed by atoms with van der Waals surface area (Å²) in [5.41, 5.74) is 13.1. The molecule has 1 atom stereocenters. The average Bonchev–Trinajstić information content (AvgIpc) is 3.28. The predicted molar refractivity (Wildman–Crippen MR) is 118 cm³/mol. The third kappa shape index (κ3) is 5.34. The number of primary amides is 1. The summed E-state index contributed by atoms with van der Waals surface area (Å²) in [6.45, 7) is 4.56. The Labute approximate surface area is 180 Å². The van der Waals surface area contributed by atoms with Crippen molar-refractivity contribution in [1.29, 1.82) is 5.26 Å². The minimum Gasteiger partial charge on any atom is -0.365 e. The number of nitrogens with two attached hydrogens (primary N) is 2. The van der Waals surface area contributed by atoms with E-state index in [4.69, 9.17) is 11.5 Å².